The maximum absolute atomic E-state index is 13.1. The average Bonchev–Trinajstić information content (AvgIpc) is 3.13. The van der Waals surface area contributed by atoms with Crippen molar-refractivity contribution in [2.75, 3.05) is 19.1 Å². The lowest BCUT2D eigenvalue weighted by atomic mass is 10.0. The summed E-state index contributed by atoms with van der Waals surface area (Å²) in [5, 5.41) is 4.50. The average molecular weight is 364 g/mol. The number of pyridine rings is 1. The van der Waals surface area contributed by atoms with Crippen LogP contribution in [0, 0.1) is 6.92 Å². The summed E-state index contributed by atoms with van der Waals surface area (Å²) in [4.78, 5) is 18.9. The highest BCUT2D eigenvalue weighted by molar-refractivity contribution is 6.06. The van der Waals surface area contributed by atoms with Crippen molar-refractivity contribution in [3.63, 3.8) is 0 Å². The van der Waals surface area contributed by atoms with Crippen molar-refractivity contribution in [1.82, 2.24) is 14.8 Å². The van der Waals surface area contributed by atoms with Gasteiger partial charge in [0.25, 0.3) is 5.91 Å². The van der Waals surface area contributed by atoms with E-state index in [2.05, 4.69) is 23.9 Å². The molecule has 0 unspecified atom stereocenters. The first kappa shape index (κ1) is 18.6. The number of hydrogen-bond donors (Lipinski definition) is 0. The van der Waals surface area contributed by atoms with Gasteiger partial charge >= 0.3 is 0 Å². The lowest BCUT2D eigenvalue weighted by molar-refractivity contribution is 0.0991. The SMILES string of the molecule is COc1ccc(N(C)C(=O)c2cnn(-c3ccc(C)cc3)c2C(C)C)cn1. The third-order valence-electron chi connectivity index (χ3n) is 4.48. The number of methoxy groups -OCH3 is 1. The molecular formula is C21H24N4O2. The van der Waals surface area contributed by atoms with Crippen molar-refractivity contribution in [3.05, 3.63) is 65.6 Å². The molecule has 0 N–H and O–H groups in total. The summed E-state index contributed by atoms with van der Waals surface area (Å²) in [5.74, 6) is 0.522. The summed E-state index contributed by atoms with van der Waals surface area (Å²) in [6.07, 6.45) is 3.27. The van der Waals surface area contributed by atoms with Crippen LogP contribution in [0.15, 0.2) is 48.8 Å². The molecule has 140 valence electrons. The molecule has 3 rings (SSSR count). The summed E-state index contributed by atoms with van der Waals surface area (Å²) in [6, 6.07) is 11.6. The van der Waals surface area contributed by atoms with Crippen molar-refractivity contribution in [3.8, 4) is 11.6 Å². The Morgan fingerprint density at radius 1 is 1.11 bits per heavy atom. The van der Waals surface area contributed by atoms with E-state index in [0.717, 1.165) is 11.4 Å². The largest absolute Gasteiger partial charge is 0.481 e. The van der Waals surface area contributed by atoms with Gasteiger partial charge in [0.05, 0.1) is 42.1 Å². The van der Waals surface area contributed by atoms with Crippen molar-refractivity contribution < 1.29 is 9.53 Å². The molecule has 0 aliphatic carbocycles. The molecule has 1 aromatic carbocycles. The smallest absolute Gasteiger partial charge is 0.261 e. The minimum absolute atomic E-state index is 0.121. The second kappa shape index (κ2) is 7.61. The molecule has 1 amide bonds. The number of carbonyl (C=O) groups is 1. The Hall–Kier alpha value is -3.15. The first-order chi connectivity index (χ1) is 12.9. The van der Waals surface area contributed by atoms with Gasteiger partial charge in [-0.05, 0) is 31.0 Å². The number of benzene rings is 1. The minimum Gasteiger partial charge on any atom is -0.481 e. The van der Waals surface area contributed by atoms with Gasteiger partial charge < -0.3 is 9.64 Å². The first-order valence-corrected chi connectivity index (χ1v) is 8.85. The van der Waals surface area contributed by atoms with E-state index in [4.69, 9.17) is 4.74 Å². The molecule has 2 aromatic heterocycles. The second-order valence-electron chi connectivity index (χ2n) is 6.77. The monoisotopic (exact) mass is 364 g/mol. The normalized spacial score (nSPS) is 10.9. The van der Waals surface area contributed by atoms with Crippen LogP contribution in [-0.2, 0) is 0 Å². The van der Waals surface area contributed by atoms with E-state index in [9.17, 15) is 4.79 Å². The van der Waals surface area contributed by atoms with Crippen LogP contribution in [0.4, 0.5) is 5.69 Å². The summed E-state index contributed by atoms with van der Waals surface area (Å²) in [5.41, 5.74) is 4.29. The van der Waals surface area contributed by atoms with Gasteiger partial charge in [0, 0.05) is 13.1 Å². The van der Waals surface area contributed by atoms with E-state index >= 15 is 0 Å². The van der Waals surface area contributed by atoms with E-state index in [-0.39, 0.29) is 11.8 Å². The van der Waals surface area contributed by atoms with E-state index in [0.29, 0.717) is 17.1 Å². The number of hydrogen-bond acceptors (Lipinski definition) is 4. The van der Waals surface area contributed by atoms with Gasteiger partial charge in [-0.15, -0.1) is 0 Å². The molecule has 27 heavy (non-hydrogen) atoms. The number of aromatic nitrogens is 3. The van der Waals surface area contributed by atoms with Crippen LogP contribution in [0.3, 0.4) is 0 Å². The van der Waals surface area contributed by atoms with Gasteiger partial charge in [-0.2, -0.15) is 5.10 Å². The summed E-state index contributed by atoms with van der Waals surface area (Å²) in [7, 11) is 3.30. The van der Waals surface area contributed by atoms with Gasteiger partial charge in [0.15, 0.2) is 0 Å². The number of anilines is 1. The number of carbonyl (C=O) groups excluding carboxylic acids is 1. The highest BCUT2D eigenvalue weighted by Crippen LogP contribution is 2.26. The Bertz CT molecular complexity index is 928. The lowest BCUT2D eigenvalue weighted by Crippen LogP contribution is -2.27. The van der Waals surface area contributed by atoms with Crippen LogP contribution < -0.4 is 9.64 Å². The number of ether oxygens (including phenoxy) is 1. The quantitative estimate of drug-likeness (QED) is 0.687. The van der Waals surface area contributed by atoms with E-state index in [1.165, 1.54) is 5.56 Å². The second-order valence-corrected chi connectivity index (χ2v) is 6.77. The Balaban J connectivity index is 1.97. The van der Waals surface area contributed by atoms with Crippen molar-refractivity contribution in [2.45, 2.75) is 26.7 Å². The van der Waals surface area contributed by atoms with E-state index < -0.39 is 0 Å². The molecular weight excluding hydrogens is 340 g/mol. The fourth-order valence-corrected chi connectivity index (χ4v) is 2.96. The third kappa shape index (κ3) is 3.69. The van der Waals surface area contributed by atoms with E-state index in [1.54, 1.807) is 37.5 Å². The maximum atomic E-state index is 13.1. The molecule has 3 aromatic rings. The summed E-state index contributed by atoms with van der Waals surface area (Å²) < 4.78 is 6.92. The predicted molar refractivity (Wildman–Crippen MR) is 106 cm³/mol. The lowest BCUT2D eigenvalue weighted by Gasteiger charge is -2.19. The zero-order valence-corrected chi connectivity index (χ0v) is 16.3. The molecule has 0 aliphatic rings. The van der Waals surface area contributed by atoms with Gasteiger partial charge in [-0.1, -0.05) is 31.5 Å². The minimum atomic E-state index is -0.121. The Kier molecular flexibility index (Phi) is 5.26. The molecule has 0 radical (unpaired) electrons. The molecule has 0 atom stereocenters. The summed E-state index contributed by atoms with van der Waals surface area (Å²) in [6.45, 7) is 6.17. The van der Waals surface area contributed by atoms with Gasteiger partial charge in [-0.3, -0.25) is 4.79 Å². The Labute approximate surface area is 159 Å². The number of amides is 1. The fraction of sp³-hybridized carbons (Fsp3) is 0.286. The fourth-order valence-electron chi connectivity index (χ4n) is 2.96. The van der Waals surface area contributed by atoms with Gasteiger partial charge in [0.2, 0.25) is 5.88 Å². The number of rotatable bonds is 5. The molecule has 0 saturated heterocycles. The van der Waals surface area contributed by atoms with Crippen molar-refractivity contribution in [1.29, 1.82) is 0 Å². The topological polar surface area (TPSA) is 60.2 Å². The van der Waals surface area contributed by atoms with Gasteiger partial charge in [-0.25, -0.2) is 9.67 Å². The zero-order chi connectivity index (χ0) is 19.6. The summed E-state index contributed by atoms with van der Waals surface area (Å²) >= 11 is 0. The maximum Gasteiger partial charge on any atom is 0.261 e. The molecule has 0 saturated carbocycles. The molecule has 0 fully saturated rings. The molecule has 6 nitrogen and oxygen atoms in total. The van der Waals surface area contributed by atoms with Crippen LogP contribution in [0.25, 0.3) is 5.69 Å². The Morgan fingerprint density at radius 3 is 2.37 bits per heavy atom. The van der Waals surface area contributed by atoms with Crippen LogP contribution in [0.1, 0.15) is 41.4 Å². The van der Waals surface area contributed by atoms with E-state index in [1.807, 2.05) is 41.9 Å². The number of nitrogens with zero attached hydrogens (tertiary/aromatic N) is 4. The van der Waals surface area contributed by atoms with Gasteiger partial charge in [0.1, 0.15) is 0 Å². The first-order valence-electron chi connectivity index (χ1n) is 8.85. The van der Waals surface area contributed by atoms with Crippen LogP contribution >= 0.6 is 0 Å². The molecule has 0 bridgehead atoms. The van der Waals surface area contributed by atoms with Crippen LogP contribution in [0.2, 0.25) is 0 Å². The standard InChI is InChI=1S/C21H24N4O2/c1-14(2)20-18(13-23-25(20)16-8-6-15(3)7-9-16)21(26)24(4)17-10-11-19(27-5)22-12-17/h6-14H,1-5H3. The number of aryl methyl sites for hydroxylation is 1. The molecule has 0 spiro atoms. The van der Waals surface area contributed by atoms with Crippen molar-refractivity contribution >= 4 is 11.6 Å². The van der Waals surface area contributed by atoms with Crippen LogP contribution in [0.5, 0.6) is 5.88 Å². The van der Waals surface area contributed by atoms with Crippen molar-refractivity contribution in [2.24, 2.45) is 0 Å². The predicted octanol–water partition coefficient (Wildman–Crippen LogP) is 3.98. The molecule has 0 aliphatic heterocycles. The zero-order valence-electron chi connectivity index (χ0n) is 16.3. The highest BCUT2D eigenvalue weighted by Gasteiger charge is 2.24. The van der Waals surface area contributed by atoms with Crippen LogP contribution in [-0.4, -0.2) is 34.8 Å². The molecule has 2 heterocycles. The Morgan fingerprint density at radius 2 is 1.81 bits per heavy atom. The highest BCUT2D eigenvalue weighted by atomic mass is 16.5. The molecule has 6 heteroatoms. The third-order valence-corrected chi connectivity index (χ3v) is 4.48.